The van der Waals surface area contributed by atoms with Gasteiger partial charge in [0.05, 0.1) is 22.3 Å². The number of amides is 1. The molecule has 0 saturated heterocycles. The van der Waals surface area contributed by atoms with Crippen LogP contribution in [0.5, 0.6) is 0 Å². The van der Waals surface area contributed by atoms with Gasteiger partial charge in [0.15, 0.2) is 5.13 Å². The van der Waals surface area contributed by atoms with Crippen LogP contribution in [-0.2, 0) is 7.05 Å². The molecular formula is C18H13ClN4O2S2. The van der Waals surface area contributed by atoms with Gasteiger partial charge in [-0.15, -0.1) is 22.7 Å². The highest BCUT2D eigenvalue weighted by molar-refractivity contribution is 7.21. The zero-order valence-corrected chi connectivity index (χ0v) is 16.7. The first kappa shape index (κ1) is 17.8. The van der Waals surface area contributed by atoms with E-state index in [1.807, 2.05) is 23.6 Å². The van der Waals surface area contributed by atoms with Gasteiger partial charge in [-0.1, -0.05) is 23.7 Å². The van der Waals surface area contributed by atoms with Gasteiger partial charge in [0.25, 0.3) is 11.5 Å². The van der Waals surface area contributed by atoms with Crippen LogP contribution in [0, 0.1) is 6.92 Å². The topological polar surface area (TPSA) is 76.9 Å². The zero-order chi connectivity index (χ0) is 19.1. The molecular weight excluding hydrogens is 404 g/mol. The summed E-state index contributed by atoms with van der Waals surface area (Å²) in [6.45, 7) is 1.76. The molecule has 1 N–H and O–H groups in total. The van der Waals surface area contributed by atoms with E-state index in [9.17, 15) is 9.59 Å². The third-order valence-electron chi connectivity index (χ3n) is 4.06. The number of thiophene rings is 1. The van der Waals surface area contributed by atoms with Crippen molar-refractivity contribution in [3.8, 4) is 11.3 Å². The SMILES string of the molecule is Cc1c(C(=O)Nc2nc(-c3cccc(Cl)c3)cs2)sc2ncn(C)c(=O)c12. The molecule has 4 rings (SSSR count). The van der Waals surface area contributed by atoms with Crippen molar-refractivity contribution in [3.63, 3.8) is 0 Å². The molecule has 3 heterocycles. The Bertz CT molecular complexity index is 1240. The van der Waals surface area contributed by atoms with Gasteiger partial charge in [-0.3, -0.25) is 14.9 Å². The highest BCUT2D eigenvalue weighted by Gasteiger charge is 2.20. The lowest BCUT2D eigenvalue weighted by atomic mass is 10.2. The maximum absolute atomic E-state index is 12.7. The van der Waals surface area contributed by atoms with E-state index in [0.29, 0.717) is 30.8 Å². The highest BCUT2D eigenvalue weighted by Crippen LogP contribution is 2.30. The van der Waals surface area contributed by atoms with Crippen LogP contribution in [0.4, 0.5) is 5.13 Å². The predicted octanol–water partition coefficient (Wildman–Crippen LogP) is 4.33. The number of hydrogen-bond donors (Lipinski definition) is 1. The Kier molecular flexibility index (Phi) is 4.55. The van der Waals surface area contributed by atoms with E-state index >= 15 is 0 Å². The molecule has 4 aromatic rings. The van der Waals surface area contributed by atoms with E-state index in [4.69, 9.17) is 11.6 Å². The summed E-state index contributed by atoms with van der Waals surface area (Å²) >= 11 is 8.55. The molecule has 0 fully saturated rings. The lowest BCUT2D eigenvalue weighted by molar-refractivity contribution is 0.103. The average Bonchev–Trinajstić information content (AvgIpc) is 3.23. The van der Waals surface area contributed by atoms with Gasteiger partial charge in [-0.05, 0) is 24.6 Å². The lowest BCUT2D eigenvalue weighted by Crippen LogP contribution is -2.17. The van der Waals surface area contributed by atoms with Gasteiger partial charge >= 0.3 is 0 Å². The number of fused-ring (bicyclic) bond motifs is 1. The number of halogens is 1. The Labute approximate surface area is 167 Å². The third-order valence-corrected chi connectivity index (χ3v) is 6.25. The number of aromatic nitrogens is 3. The van der Waals surface area contributed by atoms with Crippen LogP contribution in [0.15, 0.2) is 40.8 Å². The minimum absolute atomic E-state index is 0.162. The summed E-state index contributed by atoms with van der Waals surface area (Å²) in [5.74, 6) is -0.301. The minimum atomic E-state index is -0.301. The number of benzene rings is 1. The molecule has 0 radical (unpaired) electrons. The zero-order valence-electron chi connectivity index (χ0n) is 14.3. The summed E-state index contributed by atoms with van der Waals surface area (Å²) in [4.78, 5) is 34.7. The summed E-state index contributed by atoms with van der Waals surface area (Å²) in [7, 11) is 1.64. The van der Waals surface area contributed by atoms with Crippen LogP contribution in [0.2, 0.25) is 5.02 Å². The molecule has 0 saturated carbocycles. The van der Waals surface area contributed by atoms with Gasteiger partial charge in [0.1, 0.15) is 4.83 Å². The van der Waals surface area contributed by atoms with Gasteiger partial charge < -0.3 is 4.57 Å². The van der Waals surface area contributed by atoms with E-state index in [-0.39, 0.29) is 11.5 Å². The molecule has 0 aliphatic carbocycles. The van der Waals surface area contributed by atoms with Gasteiger partial charge in [-0.2, -0.15) is 0 Å². The smallest absolute Gasteiger partial charge is 0.267 e. The molecule has 27 heavy (non-hydrogen) atoms. The maximum Gasteiger partial charge on any atom is 0.267 e. The molecule has 9 heteroatoms. The number of rotatable bonds is 3. The second kappa shape index (κ2) is 6.88. The fourth-order valence-electron chi connectivity index (χ4n) is 2.69. The van der Waals surface area contributed by atoms with Gasteiger partial charge in [0, 0.05) is 23.0 Å². The number of thiazole rings is 1. The molecule has 136 valence electrons. The minimum Gasteiger partial charge on any atom is -0.302 e. The number of nitrogens with zero attached hydrogens (tertiary/aromatic N) is 3. The quantitative estimate of drug-likeness (QED) is 0.539. The van der Waals surface area contributed by atoms with Crippen molar-refractivity contribution in [3.05, 3.63) is 61.8 Å². The summed E-state index contributed by atoms with van der Waals surface area (Å²) in [5, 5.41) is 6.25. The van der Waals surface area contributed by atoms with Crippen LogP contribution in [0.25, 0.3) is 21.5 Å². The van der Waals surface area contributed by atoms with Gasteiger partial charge in [-0.25, -0.2) is 9.97 Å². The Morgan fingerprint density at radius 3 is 2.93 bits per heavy atom. The number of carbonyl (C=O) groups excluding carboxylic acids is 1. The van der Waals surface area contributed by atoms with E-state index in [2.05, 4.69) is 15.3 Å². The second-order valence-corrected chi connectivity index (χ2v) is 8.19. The van der Waals surface area contributed by atoms with E-state index in [1.54, 1.807) is 20.0 Å². The Hall–Kier alpha value is -2.55. The average molecular weight is 417 g/mol. The van der Waals surface area contributed by atoms with E-state index < -0.39 is 0 Å². The van der Waals surface area contributed by atoms with Crippen molar-refractivity contribution in [1.29, 1.82) is 0 Å². The fourth-order valence-corrected chi connectivity index (χ4v) is 4.63. The second-order valence-electron chi connectivity index (χ2n) is 5.90. The first-order chi connectivity index (χ1) is 12.9. The lowest BCUT2D eigenvalue weighted by Gasteiger charge is -2.00. The molecule has 0 atom stereocenters. The molecule has 6 nitrogen and oxygen atoms in total. The van der Waals surface area contributed by atoms with Crippen LogP contribution >= 0.6 is 34.3 Å². The van der Waals surface area contributed by atoms with Crippen LogP contribution in [0.3, 0.4) is 0 Å². The van der Waals surface area contributed by atoms with Crippen molar-refractivity contribution in [2.24, 2.45) is 7.05 Å². The number of aryl methyl sites for hydroxylation is 2. The molecule has 1 aromatic carbocycles. The monoisotopic (exact) mass is 416 g/mol. The molecule has 3 aromatic heterocycles. The van der Waals surface area contributed by atoms with Crippen molar-refractivity contribution in [2.75, 3.05) is 5.32 Å². The number of anilines is 1. The maximum atomic E-state index is 12.7. The van der Waals surface area contributed by atoms with Crippen molar-refractivity contribution >= 4 is 55.5 Å². The predicted molar refractivity (Wildman–Crippen MR) is 110 cm³/mol. The number of carbonyl (C=O) groups is 1. The van der Waals surface area contributed by atoms with Crippen molar-refractivity contribution in [1.82, 2.24) is 14.5 Å². The number of nitrogens with one attached hydrogen (secondary N) is 1. The molecule has 0 spiro atoms. The first-order valence-electron chi connectivity index (χ1n) is 7.91. The van der Waals surface area contributed by atoms with E-state index in [1.165, 1.54) is 33.6 Å². The Morgan fingerprint density at radius 1 is 1.33 bits per heavy atom. The molecule has 0 bridgehead atoms. The first-order valence-corrected chi connectivity index (χ1v) is 9.99. The summed E-state index contributed by atoms with van der Waals surface area (Å²) in [5.41, 5.74) is 2.09. The normalized spacial score (nSPS) is 11.1. The summed E-state index contributed by atoms with van der Waals surface area (Å²) in [6, 6.07) is 7.37. The Morgan fingerprint density at radius 2 is 2.15 bits per heavy atom. The summed E-state index contributed by atoms with van der Waals surface area (Å²) in [6.07, 6.45) is 1.46. The van der Waals surface area contributed by atoms with E-state index in [0.717, 1.165) is 11.3 Å². The van der Waals surface area contributed by atoms with Crippen LogP contribution < -0.4 is 10.9 Å². The molecule has 0 aliphatic heterocycles. The number of hydrogen-bond acceptors (Lipinski definition) is 6. The highest BCUT2D eigenvalue weighted by atomic mass is 35.5. The van der Waals surface area contributed by atoms with Gasteiger partial charge in [0.2, 0.25) is 0 Å². The third kappa shape index (κ3) is 3.27. The molecule has 0 aliphatic rings. The van der Waals surface area contributed by atoms with Crippen molar-refractivity contribution < 1.29 is 4.79 Å². The fraction of sp³-hybridized carbons (Fsp3) is 0.111. The van der Waals surface area contributed by atoms with Crippen LogP contribution in [0.1, 0.15) is 15.2 Å². The molecule has 1 amide bonds. The van der Waals surface area contributed by atoms with Crippen LogP contribution in [-0.4, -0.2) is 20.4 Å². The Balaban J connectivity index is 1.64. The molecule has 0 unspecified atom stereocenters. The summed E-state index contributed by atoms with van der Waals surface area (Å²) < 4.78 is 1.40. The largest absolute Gasteiger partial charge is 0.302 e. The standard InChI is InChI=1S/C18H13ClN4O2S2/c1-9-13-16(20-8-23(2)17(13)25)27-14(9)15(24)22-18-21-12(7-26-18)10-4-3-5-11(19)6-10/h3-8H,1-2H3,(H,21,22,24). The van der Waals surface area contributed by atoms with Crippen molar-refractivity contribution in [2.45, 2.75) is 6.92 Å².